The maximum absolute atomic E-state index is 12.0. The highest BCUT2D eigenvalue weighted by Crippen LogP contribution is 2.46. The van der Waals surface area contributed by atoms with E-state index in [4.69, 9.17) is 0 Å². The number of aryl methyl sites for hydroxylation is 1. The minimum Gasteiger partial charge on any atom is -0.304 e. The first-order valence-electron chi connectivity index (χ1n) is 12.1. The molecule has 0 aliphatic heterocycles. The Morgan fingerprint density at radius 1 is 0.512 bits per heavy atom. The van der Waals surface area contributed by atoms with Gasteiger partial charge in [0.05, 0.1) is 22.0 Å². The first kappa shape index (κ1) is 30.3. The Kier molecular flexibility index (Phi) is 7.88. The molecule has 43 heavy (non-hydrogen) atoms. The number of hydrogen-bond donors (Lipinski definition) is 5. The van der Waals surface area contributed by atoms with Gasteiger partial charge in [0.15, 0.2) is 0 Å². The quantitative estimate of drug-likeness (QED) is 0.0851. The molecule has 0 atom stereocenters. The van der Waals surface area contributed by atoms with Crippen molar-refractivity contribution in [1.82, 2.24) is 0 Å². The minimum atomic E-state index is -4.78. The molecule has 0 unspecified atom stereocenters. The molecule has 5 rings (SSSR count). The standard InChI is InChI=1S/C27H22N4O9S3/c1-16-9-11-23(20-7-4-8-26(27(16)20)43(38,39)40)30-28-21-12-13-22(19-6-3-2-5-18(19)21)29-31-24-15-17(41(32,33)34)10-14-25(24)42(35,36)37/h2-15,32-34H,1H3,(H,35,36,37)(H,38,39,40). The molecule has 0 bridgehead atoms. The van der Waals surface area contributed by atoms with Gasteiger partial charge in [-0.05, 0) is 55.0 Å². The number of nitrogens with zero attached hydrogens (tertiary/aromatic N) is 4. The molecule has 0 aromatic heterocycles. The van der Waals surface area contributed by atoms with Crippen molar-refractivity contribution in [3.63, 3.8) is 0 Å². The van der Waals surface area contributed by atoms with Crippen molar-refractivity contribution in [3.05, 3.63) is 90.5 Å². The van der Waals surface area contributed by atoms with Crippen molar-refractivity contribution >= 4 is 75.4 Å². The van der Waals surface area contributed by atoms with Crippen molar-refractivity contribution < 1.29 is 39.6 Å². The van der Waals surface area contributed by atoms with Gasteiger partial charge < -0.3 is 13.7 Å². The predicted octanol–water partition coefficient (Wildman–Crippen LogP) is 8.21. The van der Waals surface area contributed by atoms with Crippen LogP contribution >= 0.6 is 10.9 Å². The smallest absolute Gasteiger partial charge is 0.296 e. The topological polar surface area (TPSA) is 219 Å². The van der Waals surface area contributed by atoms with Crippen LogP contribution < -0.4 is 0 Å². The van der Waals surface area contributed by atoms with Gasteiger partial charge in [-0.3, -0.25) is 9.11 Å². The van der Waals surface area contributed by atoms with E-state index < -0.39 is 46.6 Å². The average molecular weight is 643 g/mol. The van der Waals surface area contributed by atoms with Crippen LogP contribution in [0.5, 0.6) is 0 Å². The average Bonchev–Trinajstić information content (AvgIpc) is 2.94. The fourth-order valence-electron chi connectivity index (χ4n) is 4.45. The van der Waals surface area contributed by atoms with E-state index in [9.17, 15) is 39.6 Å². The van der Waals surface area contributed by atoms with Crippen LogP contribution in [0.4, 0.5) is 22.7 Å². The zero-order chi connectivity index (χ0) is 31.2. The number of azo groups is 2. The Bertz CT molecular complexity index is 2200. The minimum absolute atomic E-state index is 0.244. The first-order chi connectivity index (χ1) is 20.1. The van der Waals surface area contributed by atoms with Crippen molar-refractivity contribution in [2.75, 3.05) is 0 Å². The summed E-state index contributed by atoms with van der Waals surface area (Å²) in [6.07, 6.45) is 0. The van der Waals surface area contributed by atoms with Crippen LogP contribution in [0, 0.1) is 6.92 Å². The zero-order valence-corrected chi connectivity index (χ0v) is 24.4. The van der Waals surface area contributed by atoms with E-state index in [0.29, 0.717) is 38.5 Å². The summed E-state index contributed by atoms with van der Waals surface area (Å²) in [6, 6.07) is 20.5. The van der Waals surface area contributed by atoms with E-state index in [1.807, 2.05) is 0 Å². The summed E-state index contributed by atoms with van der Waals surface area (Å²) in [5, 5.41) is 18.6. The number of benzene rings is 5. The van der Waals surface area contributed by atoms with Gasteiger partial charge in [0.2, 0.25) is 0 Å². The van der Waals surface area contributed by atoms with Crippen LogP contribution in [0.2, 0.25) is 0 Å². The van der Waals surface area contributed by atoms with E-state index in [2.05, 4.69) is 20.5 Å². The molecule has 0 saturated heterocycles. The van der Waals surface area contributed by atoms with Gasteiger partial charge in [-0.2, -0.15) is 16.8 Å². The van der Waals surface area contributed by atoms with Gasteiger partial charge in [-0.25, -0.2) is 0 Å². The lowest BCUT2D eigenvalue weighted by molar-refractivity contribution is 0.375. The van der Waals surface area contributed by atoms with Gasteiger partial charge in [0.1, 0.15) is 26.3 Å². The van der Waals surface area contributed by atoms with Crippen LogP contribution in [0.25, 0.3) is 21.5 Å². The van der Waals surface area contributed by atoms with E-state index in [1.165, 1.54) is 18.2 Å². The molecule has 0 heterocycles. The molecule has 0 fully saturated rings. The van der Waals surface area contributed by atoms with Crippen molar-refractivity contribution in [2.24, 2.45) is 20.5 Å². The second kappa shape index (κ2) is 11.2. The third-order valence-corrected chi connectivity index (χ3v) is 9.08. The highest BCUT2D eigenvalue weighted by molar-refractivity contribution is 8.19. The molecule has 222 valence electrons. The predicted molar refractivity (Wildman–Crippen MR) is 161 cm³/mol. The molecule has 13 nitrogen and oxygen atoms in total. The van der Waals surface area contributed by atoms with E-state index in [1.54, 1.807) is 55.5 Å². The Morgan fingerprint density at radius 3 is 1.53 bits per heavy atom. The summed E-state index contributed by atoms with van der Waals surface area (Å²) >= 11 is 0. The molecule has 0 aliphatic carbocycles. The van der Waals surface area contributed by atoms with Crippen molar-refractivity contribution in [1.29, 1.82) is 0 Å². The fourth-order valence-corrected chi connectivity index (χ4v) is 6.36. The van der Waals surface area contributed by atoms with Crippen LogP contribution in [-0.4, -0.2) is 39.6 Å². The maximum atomic E-state index is 12.0. The van der Waals surface area contributed by atoms with Crippen LogP contribution in [0.1, 0.15) is 5.56 Å². The molecule has 5 aromatic carbocycles. The van der Waals surface area contributed by atoms with Crippen LogP contribution in [0.15, 0.2) is 120 Å². The number of rotatable bonds is 7. The summed E-state index contributed by atoms with van der Waals surface area (Å²) in [5.74, 6) is 0. The molecule has 0 aliphatic rings. The number of fused-ring (bicyclic) bond motifs is 2. The van der Waals surface area contributed by atoms with Gasteiger partial charge in [-0.1, -0.05) is 42.5 Å². The summed E-state index contributed by atoms with van der Waals surface area (Å²) in [4.78, 5) is -1.34. The van der Waals surface area contributed by atoms with Crippen molar-refractivity contribution in [2.45, 2.75) is 21.6 Å². The summed E-state index contributed by atoms with van der Waals surface area (Å²) in [5.41, 5.74) is 1.19. The Balaban J connectivity index is 1.59. The Hall–Kier alpha value is -4.13. The Morgan fingerprint density at radius 2 is 1.00 bits per heavy atom. The normalized spacial score (nSPS) is 13.4. The highest BCUT2D eigenvalue weighted by atomic mass is 32.3. The van der Waals surface area contributed by atoms with Gasteiger partial charge in [0.25, 0.3) is 20.2 Å². The summed E-state index contributed by atoms with van der Waals surface area (Å²) in [6.45, 7) is 1.71. The van der Waals surface area contributed by atoms with Gasteiger partial charge >= 0.3 is 0 Å². The van der Waals surface area contributed by atoms with Crippen LogP contribution in [-0.2, 0) is 20.2 Å². The molecule has 5 N–H and O–H groups in total. The third-order valence-electron chi connectivity index (χ3n) is 6.40. The Labute approximate surface area is 246 Å². The monoisotopic (exact) mass is 642 g/mol. The molecule has 0 spiro atoms. The third kappa shape index (κ3) is 6.31. The van der Waals surface area contributed by atoms with Crippen LogP contribution in [0.3, 0.4) is 0 Å². The number of hydrogen-bond acceptors (Lipinski definition) is 11. The summed E-state index contributed by atoms with van der Waals surface area (Å²) < 4.78 is 95.6. The van der Waals surface area contributed by atoms with E-state index in [0.717, 1.165) is 18.2 Å². The summed E-state index contributed by atoms with van der Waals surface area (Å²) in [7, 11) is -13.5. The SMILES string of the molecule is Cc1ccc(N=Nc2ccc(N=Nc3cc(S(O)(O)O)ccc3S(=O)(=O)O)c3ccccc23)c2cccc(S(=O)(=O)O)c12. The molecular weight excluding hydrogens is 621 g/mol. The maximum Gasteiger partial charge on any atom is 0.296 e. The van der Waals surface area contributed by atoms with E-state index in [-0.39, 0.29) is 10.6 Å². The van der Waals surface area contributed by atoms with Gasteiger partial charge in [-0.15, -0.1) is 20.5 Å². The molecule has 16 heteroatoms. The molecule has 5 aromatic rings. The highest BCUT2D eigenvalue weighted by Gasteiger charge is 2.22. The zero-order valence-electron chi connectivity index (χ0n) is 22.0. The molecule has 0 radical (unpaired) electrons. The molecular formula is C27H22N4O9S3. The van der Waals surface area contributed by atoms with Gasteiger partial charge in [0, 0.05) is 21.5 Å². The van der Waals surface area contributed by atoms with Crippen molar-refractivity contribution in [3.8, 4) is 0 Å². The lowest BCUT2D eigenvalue weighted by Crippen LogP contribution is -2.01. The fraction of sp³-hybridized carbons (Fsp3) is 0.0370. The largest absolute Gasteiger partial charge is 0.304 e. The second-order valence-electron chi connectivity index (χ2n) is 9.23. The lowest BCUT2D eigenvalue weighted by atomic mass is 10.0. The second-order valence-corrected chi connectivity index (χ2v) is 13.5. The lowest BCUT2D eigenvalue weighted by Gasteiger charge is -2.19. The van der Waals surface area contributed by atoms with E-state index >= 15 is 0 Å². The molecule has 0 saturated carbocycles. The first-order valence-corrected chi connectivity index (χ1v) is 16.5. The molecule has 0 amide bonds.